The van der Waals surface area contributed by atoms with Crippen molar-refractivity contribution in [2.24, 2.45) is 23.7 Å². The van der Waals surface area contributed by atoms with Gasteiger partial charge in [0.2, 0.25) is 5.78 Å². The van der Waals surface area contributed by atoms with Gasteiger partial charge in [-0.25, -0.2) is 10.3 Å². The summed E-state index contributed by atoms with van der Waals surface area (Å²) in [5.74, 6) is -1.01. The molecule has 0 spiro atoms. The minimum absolute atomic E-state index is 0.0177. The molecule has 0 bridgehead atoms. The second-order valence-electron chi connectivity index (χ2n) is 9.74. The van der Waals surface area contributed by atoms with Crippen molar-refractivity contribution >= 4 is 17.5 Å². The van der Waals surface area contributed by atoms with Gasteiger partial charge in [0.25, 0.3) is 0 Å². The minimum Gasteiger partial charge on any atom is -0.342 e. The molecule has 8 heteroatoms. The summed E-state index contributed by atoms with van der Waals surface area (Å²) in [5.41, 5.74) is 8.82. The molecule has 1 amide bonds. The lowest BCUT2D eigenvalue weighted by Gasteiger charge is -2.41. The molecule has 0 saturated carbocycles. The number of Topliss-reactive ketones (excluding diaryl/α,β-unsaturated/α-hetero) is 2. The van der Waals surface area contributed by atoms with Gasteiger partial charge in [0, 0.05) is 31.8 Å². The topological polar surface area (TPSA) is 106 Å². The van der Waals surface area contributed by atoms with Crippen LogP contribution in [0.3, 0.4) is 0 Å². The molecule has 184 valence electrons. The van der Waals surface area contributed by atoms with Gasteiger partial charge in [-0.15, -0.1) is 0 Å². The fraction of sp³-hybridized carbons (Fsp3) is 0.875. The molecule has 32 heavy (non-hydrogen) atoms. The van der Waals surface area contributed by atoms with Crippen LogP contribution >= 0.6 is 0 Å². The van der Waals surface area contributed by atoms with Gasteiger partial charge in [0.1, 0.15) is 6.61 Å². The van der Waals surface area contributed by atoms with Crippen molar-refractivity contribution in [2.75, 3.05) is 19.7 Å². The molecule has 2 heterocycles. The molecule has 0 aromatic rings. The number of ether oxygens (including phenoxy) is 1. The number of amides is 1. The molecule has 0 aromatic carbocycles. The SMILES string of the molecule is CC(=O)C(=O)NOC1OCC(=O)C([C@@H]2CCCCCCCCNNCCC2)[C@@H]1CC(C)C. The van der Waals surface area contributed by atoms with Crippen molar-refractivity contribution < 1.29 is 24.0 Å². The van der Waals surface area contributed by atoms with Crippen LogP contribution in [0.2, 0.25) is 0 Å². The van der Waals surface area contributed by atoms with Crippen LogP contribution in [0.1, 0.15) is 85.0 Å². The van der Waals surface area contributed by atoms with Crippen molar-refractivity contribution in [3.63, 3.8) is 0 Å². The Hall–Kier alpha value is -1.35. The summed E-state index contributed by atoms with van der Waals surface area (Å²) in [5, 5.41) is 0. The molecule has 8 nitrogen and oxygen atoms in total. The molecule has 0 radical (unpaired) electrons. The molecule has 2 rings (SSSR count). The van der Waals surface area contributed by atoms with Crippen LogP contribution in [-0.4, -0.2) is 43.5 Å². The molecule has 2 aliphatic heterocycles. The lowest BCUT2D eigenvalue weighted by atomic mass is 9.70. The van der Waals surface area contributed by atoms with E-state index in [1.54, 1.807) is 0 Å². The largest absolute Gasteiger partial charge is 0.342 e. The molecule has 4 atom stereocenters. The second kappa shape index (κ2) is 14.7. The normalized spacial score (nSPS) is 29.3. The van der Waals surface area contributed by atoms with Crippen LogP contribution < -0.4 is 16.3 Å². The summed E-state index contributed by atoms with van der Waals surface area (Å²) in [7, 11) is 0. The Kier molecular flexibility index (Phi) is 12.4. The molecule has 3 N–H and O–H groups in total. The van der Waals surface area contributed by atoms with Crippen LogP contribution in [0.25, 0.3) is 0 Å². The fourth-order valence-corrected chi connectivity index (χ4v) is 4.97. The van der Waals surface area contributed by atoms with Gasteiger partial charge in [-0.1, -0.05) is 46.0 Å². The lowest BCUT2D eigenvalue weighted by Crippen LogP contribution is -2.50. The maximum Gasteiger partial charge on any atom is 0.310 e. The van der Waals surface area contributed by atoms with Crippen molar-refractivity contribution in [3.8, 4) is 0 Å². The lowest BCUT2D eigenvalue weighted by molar-refractivity contribution is -0.235. The number of rotatable bonds is 6. The van der Waals surface area contributed by atoms with Crippen molar-refractivity contribution in [2.45, 2.75) is 91.3 Å². The summed E-state index contributed by atoms with van der Waals surface area (Å²) in [6.45, 7) is 7.27. The summed E-state index contributed by atoms with van der Waals surface area (Å²) in [4.78, 5) is 41.6. The number of hydrogen-bond acceptors (Lipinski definition) is 7. The van der Waals surface area contributed by atoms with Gasteiger partial charge < -0.3 is 4.74 Å². The molecular formula is C24H43N3O5. The van der Waals surface area contributed by atoms with Gasteiger partial charge in [-0.2, -0.15) is 0 Å². The third-order valence-electron chi connectivity index (χ3n) is 6.54. The Morgan fingerprint density at radius 2 is 1.66 bits per heavy atom. The summed E-state index contributed by atoms with van der Waals surface area (Å²) >= 11 is 0. The van der Waals surface area contributed by atoms with E-state index in [0.29, 0.717) is 5.92 Å². The van der Waals surface area contributed by atoms with Gasteiger partial charge >= 0.3 is 5.91 Å². The third kappa shape index (κ3) is 9.25. The first kappa shape index (κ1) is 26.9. The Morgan fingerprint density at radius 3 is 2.34 bits per heavy atom. The zero-order valence-corrected chi connectivity index (χ0v) is 20.1. The number of hydrazine groups is 1. The molecule has 0 aromatic heterocycles. The van der Waals surface area contributed by atoms with E-state index in [0.717, 1.165) is 45.2 Å². The molecular weight excluding hydrogens is 410 g/mol. The zero-order valence-electron chi connectivity index (χ0n) is 20.1. The highest BCUT2D eigenvalue weighted by atomic mass is 16.8. The first-order valence-corrected chi connectivity index (χ1v) is 12.5. The zero-order chi connectivity index (χ0) is 23.3. The standard InChI is InChI=1S/C24H43N3O5/c1-17(2)15-20-22(21(29)16-31-24(20)32-27-23(30)18(3)28)19-11-8-6-4-5-7-9-13-25-26-14-10-12-19/h17,19-20,22,24-26H,4-16H2,1-3H3,(H,27,30)/t19-,20+,22?,24?/m1/s1. The maximum atomic E-state index is 13.1. The average molecular weight is 454 g/mol. The maximum absolute atomic E-state index is 13.1. The predicted octanol–water partition coefficient (Wildman–Crippen LogP) is 3.06. The van der Waals surface area contributed by atoms with E-state index in [1.165, 1.54) is 39.0 Å². The van der Waals surface area contributed by atoms with Crippen LogP contribution in [-0.2, 0) is 24.0 Å². The van der Waals surface area contributed by atoms with Crippen LogP contribution in [0.15, 0.2) is 0 Å². The van der Waals surface area contributed by atoms with Crippen molar-refractivity contribution in [1.29, 1.82) is 0 Å². The monoisotopic (exact) mass is 453 g/mol. The molecule has 0 aliphatic carbocycles. The highest BCUT2D eigenvalue weighted by Crippen LogP contribution is 2.39. The summed E-state index contributed by atoms with van der Waals surface area (Å²) < 4.78 is 5.70. The van der Waals surface area contributed by atoms with Crippen LogP contribution in [0, 0.1) is 23.7 Å². The Bertz CT molecular complexity index is 584. The van der Waals surface area contributed by atoms with Gasteiger partial charge in [-0.3, -0.25) is 25.2 Å². The Labute approximate surface area is 192 Å². The summed E-state index contributed by atoms with van der Waals surface area (Å²) in [6.07, 6.45) is 10.3. The molecule has 2 saturated heterocycles. The highest BCUT2D eigenvalue weighted by Gasteiger charge is 2.44. The number of hydroxylamine groups is 1. The number of ketones is 2. The molecule has 2 aliphatic rings. The Balaban J connectivity index is 2.12. The molecule has 2 fully saturated rings. The number of carbonyl (C=O) groups excluding carboxylic acids is 3. The van der Waals surface area contributed by atoms with E-state index in [9.17, 15) is 14.4 Å². The van der Waals surface area contributed by atoms with Crippen molar-refractivity contribution in [1.82, 2.24) is 16.3 Å². The highest BCUT2D eigenvalue weighted by molar-refractivity contribution is 6.34. The van der Waals surface area contributed by atoms with Gasteiger partial charge in [0.15, 0.2) is 12.1 Å². The fourth-order valence-electron chi connectivity index (χ4n) is 4.97. The predicted molar refractivity (Wildman–Crippen MR) is 122 cm³/mol. The first-order chi connectivity index (χ1) is 15.4. The van der Waals surface area contributed by atoms with Gasteiger partial charge in [-0.05, 0) is 43.9 Å². The quantitative estimate of drug-likeness (QED) is 0.419. The van der Waals surface area contributed by atoms with E-state index >= 15 is 0 Å². The van der Waals surface area contributed by atoms with Gasteiger partial charge in [0.05, 0.1) is 0 Å². The van der Waals surface area contributed by atoms with Crippen LogP contribution in [0.5, 0.6) is 0 Å². The van der Waals surface area contributed by atoms with E-state index in [-0.39, 0.29) is 30.1 Å². The van der Waals surface area contributed by atoms with E-state index in [2.05, 4.69) is 30.2 Å². The van der Waals surface area contributed by atoms with E-state index in [4.69, 9.17) is 9.57 Å². The number of hydrogen-bond donors (Lipinski definition) is 3. The third-order valence-corrected chi connectivity index (χ3v) is 6.54. The number of nitrogens with one attached hydrogen (secondary N) is 3. The first-order valence-electron chi connectivity index (χ1n) is 12.5. The smallest absolute Gasteiger partial charge is 0.310 e. The summed E-state index contributed by atoms with van der Waals surface area (Å²) in [6, 6.07) is 0. The van der Waals surface area contributed by atoms with Crippen molar-refractivity contribution in [3.05, 3.63) is 0 Å². The number of carbonyl (C=O) groups is 3. The molecule has 2 unspecified atom stereocenters. The minimum atomic E-state index is -0.804. The van der Waals surface area contributed by atoms with Crippen LogP contribution in [0.4, 0.5) is 0 Å². The second-order valence-corrected chi connectivity index (χ2v) is 9.74. The average Bonchev–Trinajstić information content (AvgIpc) is 2.74. The van der Waals surface area contributed by atoms with E-state index < -0.39 is 18.0 Å². The Morgan fingerprint density at radius 1 is 1.03 bits per heavy atom. The van der Waals surface area contributed by atoms with E-state index in [1.807, 2.05) is 0 Å².